The highest BCUT2D eigenvalue weighted by Gasteiger charge is 2.12. The van der Waals surface area contributed by atoms with Crippen molar-refractivity contribution in [2.24, 2.45) is 0 Å². The lowest BCUT2D eigenvalue weighted by Crippen LogP contribution is -2.31. The second kappa shape index (κ2) is 7.32. The first-order valence-corrected chi connectivity index (χ1v) is 7.57. The van der Waals surface area contributed by atoms with E-state index in [9.17, 15) is 9.59 Å². The maximum Gasteiger partial charge on any atom is 0.264 e. The Bertz CT molecular complexity index is 876. The number of carbonyl (C=O) groups is 1. The summed E-state index contributed by atoms with van der Waals surface area (Å²) >= 11 is 0. The van der Waals surface area contributed by atoms with Gasteiger partial charge in [0.05, 0.1) is 0 Å². The topological polar surface area (TPSA) is 87.7 Å². The number of aromatic nitrogens is 3. The van der Waals surface area contributed by atoms with Crippen LogP contribution >= 0.6 is 0 Å². The van der Waals surface area contributed by atoms with Crippen LogP contribution < -0.4 is 10.9 Å². The molecule has 1 amide bonds. The summed E-state index contributed by atoms with van der Waals surface area (Å²) in [7, 11) is 0. The van der Waals surface area contributed by atoms with Crippen molar-refractivity contribution < 1.29 is 4.79 Å². The molecule has 0 unspecified atom stereocenters. The van der Waals surface area contributed by atoms with Crippen molar-refractivity contribution in [3.63, 3.8) is 0 Å². The Morgan fingerprint density at radius 3 is 2.54 bits per heavy atom. The van der Waals surface area contributed by atoms with Gasteiger partial charge in [-0.15, -0.1) is 0 Å². The van der Waals surface area contributed by atoms with Gasteiger partial charge in [0, 0.05) is 18.9 Å². The zero-order chi connectivity index (χ0) is 16.8. The number of hydrogen-bond acceptors (Lipinski definition) is 4. The van der Waals surface area contributed by atoms with Crippen LogP contribution in [0.2, 0.25) is 0 Å². The van der Waals surface area contributed by atoms with Crippen LogP contribution in [0, 0.1) is 0 Å². The molecule has 2 heterocycles. The average molecular weight is 320 g/mol. The second-order valence-electron chi connectivity index (χ2n) is 5.18. The van der Waals surface area contributed by atoms with Gasteiger partial charge in [-0.05, 0) is 24.1 Å². The van der Waals surface area contributed by atoms with Crippen molar-refractivity contribution in [1.82, 2.24) is 20.3 Å². The highest BCUT2D eigenvalue weighted by Crippen LogP contribution is 2.08. The first-order chi connectivity index (χ1) is 11.7. The predicted octanol–water partition coefficient (Wildman–Crippen LogP) is 1.80. The van der Waals surface area contributed by atoms with Gasteiger partial charge in [0.15, 0.2) is 5.82 Å². The standard InChI is InChI=1S/C18H16N4O2/c23-17(20-11-9-13-6-2-1-3-7-13)14-12-21-16(22-18(14)24)15-8-4-5-10-19-15/h1-8,10,12H,9,11H2,(H,20,23)(H,21,22,24). The lowest BCUT2D eigenvalue weighted by atomic mass is 10.1. The molecule has 0 radical (unpaired) electrons. The van der Waals surface area contributed by atoms with Crippen molar-refractivity contribution in [2.75, 3.05) is 6.54 Å². The van der Waals surface area contributed by atoms with E-state index in [4.69, 9.17) is 0 Å². The number of aromatic amines is 1. The molecule has 0 aliphatic rings. The van der Waals surface area contributed by atoms with E-state index < -0.39 is 11.5 Å². The Morgan fingerprint density at radius 1 is 1.04 bits per heavy atom. The van der Waals surface area contributed by atoms with Crippen LogP contribution in [0.3, 0.4) is 0 Å². The first-order valence-electron chi connectivity index (χ1n) is 7.57. The SMILES string of the molecule is O=C(NCCc1ccccc1)c1cnc(-c2ccccn2)[nH]c1=O. The maximum atomic E-state index is 12.1. The fraction of sp³-hybridized carbons (Fsp3) is 0.111. The van der Waals surface area contributed by atoms with Crippen LogP contribution in [-0.4, -0.2) is 27.4 Å². The largest absolute Gasteiger partial charge is 0.351 e. The summed E-state index contributed by atoms with van der Waals surface area (Å²) in [5.41, 5.74) is 1.17. The number of H-pyrrole nitrogens is 1. The zero-order valence-corrected chi connectivity index (χ0v) is 12.9. The summed E-state index contributed by atoms with van der Waals surface area (Å²) in [6, 6.07) is 15.1. The Labute approximate surface area is 138 Å². The number of pyridine rings is 1. The normalized spacial score (nSPS) is 10.3. The van der Waals surface area contributed by atoms with Gasteiger partial charge in [-0.25, -0.2) is 4.98 Å². The van der Waals surface area contributed by atoms with Crippen LogP contribution in [0.15, 0.2) is 65.7 Å². The molecule has 0 saturated carbocycles. The van der Waals surface area contributed by atoms with Crippen LogP contribution in [0.25, 0.3) is 11.5 Å². The van der Waals surface area contributed by atoms with E-state index in [0.717, 1.165) is 5.56 Å². The molecule has 0 bridgehead atoms. The van der Waals surface area contributed by atoms with Gasteiger partial charge < -0.3 is 10.3 Å². The molecule has 0 aliphatic carbocycles. The van der Waals surface area contributed by atoms with E-state index in [2.05, 4.69) is 20.3 Å². The molecular formula is C18H16N4O2. The zero-order valence-electron chi connectivity index (χ0n) is 12.9. The Hall–Kier alpha value is -3.28. The van der Waals surface area contributed by atoms with E-state index in [0.29, 0.717) is 24.5 Å². The van der Waals surface area contributed by atoms with Crippen molar-refractivity contribution >= 4 is 5.91 Å². The van der Waals surface area contributed by atoms with Gasteiger partial charge >= 0.3 is 0 Å². The Balaban J connectivity index is 1.66. The number of rotatable bonds is 5. The Morgan fingerprint density at radius 2 is 1.83 bits per heavy atom. The molecule has 1 aromatic carbocycles. The highest BCUT2D eigenvalue weighted by molar-refractivity contribution is 5.93. The number of hydrogen-bond donors (Lipinski definition) is 2. The Kier molecular flexibility index (Phi) is 4.76. The molecule has 6 heteroatoms. The summed E-state index contributed by atoms with van der Waals surface area (Å²) in [5, 5.41) is 2.73. The lowest BCUT2D eigenvalue weighted by Gasteiger charge is -2.05. The molecule has 0 atom stereocenters. The van der Waals surface area contributed by atoms with Crippen molar-refractivity contribution in [3.8, 4) is 11.5 Å². The fourth-order valence-electron chi connectivity index (χ4n) is 2.25. The molecule has 24 heavy (non-hydrogen) atoms. The monoisotopic (exact) mass is 320 g/mol. The van der Waals surface area contributed by atoms with E-state index >= 15 is 0 Å². The average Bonchev–Trinajstić information content (AvgIpc) is 2.63. The summed E-state index contributed by atoms with van der Waals surface area (Å²) < 4.78 is 0. The molecule has 2 N–H and O–H groups in total. The van der Waals surface area contributed by atoms with Gasteiger partial charge in [-0.2, -0.15) is 0 Å². The maximum absolute atomic E-state index is 12.1. The second-order valence-corrected chi connectivity index (χ2v) is 5.18. The molecular weight excluding hydrogens is 304 g/mol. The molecule has 120 valence electrons. The summed E-state index contributed by atoms with van der Waals surface area (Å²) in [5.74, 6) is -0.103. The molecule has 3 aromatic rings. The molecule has 0 fully saturated rings. The third-order valence-electron chi connectivity index (χ3n) is 3.49. The highest BCUT2D eigenvalue weighted by atomic mass is 16.2. The molecule has 0 spiro atoms. The van der Waals surface area contributed by atoms with Crippen molar-refractivity contribution in [2.45, 2.75) is 6.42 Å². The predicted molar refractivity (Wildman–Crippen MR) is 90.6 cm³/mol. The van der Waals surface area contributed by atoms with E-state index in [1.807, 2.05) is 30.3 Å². The smallest absolute Gasteiger partial charge is 0.264 e. The van der Waals surface area contributed by atoms with Crippen molar-refractivity contribution in [1.29, 1.82) is 0 Å². The van der Waals surface area contributed by atoms with Gasteiger partial charge in [-0.1, -0.05) is 36.4 Å². The number of carbonyl (C=O) groups excluding carboxylic acids is 1. The van der Waals surface area contributed by atoms with Gasteiger partial charge in [0.2, 0.25) is 0 Å². The third kappa shape index (κ3) is 3.73. The third-order valence-corrected chi connectivity index (χ3v) is 3.49. The minimum absolute atomic E-state index is 0.0113. The van der Waals surface area contributed by atoms with Gasteiger partial charge in [0.1, 0.15) is 11.3 Å². The van der Waals surface area contributed by atoms with Gasteiger partial charge in [0.25, 0.3) is 11.5 Å². The number of nitrogens with one attached hydrogen (secondary N) is 2. The van der Waals surface area contributed by atoms with Crippen LogP contribution in [0.1, 0.15) is 15.9 Å². The summed E-state index contributed by atoms with van der Waals surface area (Å²) in [6.45, 7) is 0.449. The molecule has 2 aromatic heterocycles. The van der Waals surface area contributed by atoms with E-state index in [1.165, 1.54) is 6.20 Å². The molecule has 0 saturated heterocycles. The van der Waals surface area contributed by atoms with Crippen LogP contribution in [-0.2, 0) is 6.42 Å². The summed E-state index contributed by atoms with van der Waals surface area (Å²) in [6.07, 6.45) is 3.59. The molecule has 6 nitrogen and oxygen atoms in total. The summed E-state index contributed by atoms with van der Waals surface area (Å²) in [4.78, 5) is 35.0. The van der Waals surface area contributed by atoms with E-state index in [1.54, 1.807) is 24.4 Å². The minimum Gasteiger partial charge on any atom is -0.351 e. The van der Waals surface area contributed by atoms with E-state index in [-0.39, 0.29) is 5.56 Å². The molecule has 3 rings (SSSR count). The van der Waals surface area contributed by atoms with Crippen LogP contribution in [0.4, 0.5) is 0 Å². The molecule has 0 aliphatic heterocycles. The number of benzene rings is 1. The quantitative estimate of drug-likeness (QED) is 0.750. The number of nitrogens with zero attached hydrogens (tertiary/aromatic N) is 2. The number of amides is 1. The lowest BCUT2D eigenvalue weighted by molar-refractivity contribution is 0.0952. The minimum atomic E-state index is -0.483. The van der Waals surface area contributed by atoms with Crippen molar-refractivity contribution in [3.05, 3.63) is 82.4 Å². The first kappa shape index (κ1) is 15.6. The fourth-order valence-corrected chi connectivity index (χ4v) is 2.25. The van der Waals surface area contributed by atoms with Gasteiger partial charge in [-0.3, -0.25) is 14.6 Å². The van der Waals surface area contributed by atoms with Crippen LogP contribution in [0.5, 0.6) is 0 Å².